The number of carbonyl (C=O) groups excluding carboxylic acids is 7. The summed E-state index contributed by atoms with van der Waals surface area (Å²) in [6.45, 7) is 6.68. The molecule has 0 rings (SSSR count). The predicted octanol–water partition coefficient (Wildman–Crippen LogP) is -5.45. The summed E-state index contributed by atoms with van der Waals surface area (Å²) < 4.78 is 0. The molecule has 0 spiro atoms. The van der Waals surface area contributed by atoms with Crippen LogP contribution in [0.2, 0.25) is 0 Å². The number of rotatable bonds is 27. The minimum Gasteiger partial charge on any atom is -0.394 e. The first-order chi connectivity index (χ1) is 25.3. The quantitative estimate of drug-likeness (QED) is 0.0211. The van der Waals surface area contributed by atoms with Gasteiger partial charge in [-0.15, -0.1) is 0 Å². The van der Waals surface area contributed by atoms with E-state index in [-0.39, 0.29) is 68.9 Å². The highest BCUT2D eigenvalue weighted by molar-refractivity contribution is 5.97. The van der Waals surface area contributed by atoms with Crippen molar-refractivity contribution in [1.82, 2.24) is 31.9 Å². The maximum absolute atomic E-state index is 13.6. The number of nitrogens with zero attached hydrogens (tertiary/aromatic N) is 2. The van der Waals surface area contributed by atoms with Crippen molar-refractivity contribution in [2.24, 2.45) is 56.2 Å². The fourth-order valence-corrected chi connectivity index (χ4v) is 5.13. The van der Waals surface area contributed by atoms with Crippen LogP contribution >= 0.6 is 0 Å². The molecule has 0 bridgehead atoms. The molecule has 0 aliphatic rings. The van der Waals surface area contributed by atoms with Crippen LogP contribution in [0.3, 0.4) is 0 Å². The molecule has 19 N–H and O–H groups in total. The van der Waals surface area contributed by atoms with Gasteiger partial charge < -0.3 is 71.4 Å². The molecule has 54 heavy (non-hydrogen) atoms. The van der Waals surface area contributed by atoms with E-state index in [0.29, 0.717) is 6.42 Å². The Morgan fingerprint density at radius 2 is 1.02 bits per heavy atom. The van der Waals surface area contributed by atoms with E-state index < -0.39 is 90.6 Å². The van der Waals surface area contributed by atoms with Gasteiger partial charge in [0, 0.05) is 13.1 Å². The van der Waals surface area contributed by atoms with Crippen LogP contribution < -0.4 is 66.3 Å². The fourth-order valence-electron chi connectivity index (χ4n) is 5.13. The van der Waals surface area contributed by atoms with Gasteiger partial charge in [-0.3, -0.25) is 43.5 Å². The van der Waals surface area contributed by atoms with E-state index in [0.717, 1.165) is 0 Å². The largest absolute Gasteiger partial charge is 0.394 e. The van der Waals surface area contributed by atoms with Crippen LogP contribution in [0.15, 0.2) is 9.98 Å². The highest BCUT2D eigenvalue weighted by Gasteiger charge is 2.33. The van der Waals surface area contributed by atoms with Gasteiger partial charge in [-0.2, -0.15) is 0 Å². The summed E-state index contributed by atoms with van der Waals surface area (Å²) in [6, 6.07) is -7.41. The monoisotopic (exact) mass is 770 g/mol. The van der Waals surface area contributed by atoms with Crippen molar-refractivity contribution >= 4 is 53.3 Å². The third kappa shape index (κ3) is 19.5. The second-order valence-electron chi connectivity index (χ2n) is 13.2. The van der Waals surface area contributed by atoms with Crippen LogP contribution in [-0.4, -0.2) is 121 Å². The molecule has 308 valence electrons. The van der Waals surface area contributed by atoms with Crippen LogP contribution in [0.4, 0.5) is 0 Å². The first-order valence-corrected chi connectivity index (χ1v) is 17.8. The molecule has 0 heterocycles. The van der Waals surface area contributed by atoms with E-state index in [9.17, 15) is 38.7 Å². The number of hydrogen-bond acceptors (Lipinski definition) is 11. The summed E-state index contributed by atoms with van der Waals surface area (Å²) >= 11 is 0. The van der Waals surface area contributed by atoms with Crippen molar-refractivity contribution in [2.45, 2.75) is 109 Å². The molecule has 0 aromatic carbocycles. The van der Waals surface area contributed by atoms with Crippen molar-refractivity contribution in [3.8, 4) is 0 Å². The number of aliphatic imine (C=N–C) groups is 2. The van der Waals surface area contributed by atoms with E-state index in [4.69, 9.17) is 34.4 Å². The number of likely N-dealkylation sites (N-methyl/N-ethyl adjacent to an activating group) is 1. The van der Waals surface area contributed by atoms with Gasteiger partial charge in [-0.25, -0.2) is 0 Å². The molecule has 0 saturated carbocycles. The maximum atomic E-state index is 13.6. The summed E-state index contributed by atoms with van der Waals surface area (Å²) in [5.74, 6) is -6.44. The standard InChI is InChI=1S/C32H62N14O8/c1-6-17(4)24(39-5)30(54)43-19(10-8-12-41-32(37)38)27(51)46-22(15-47)29(53)45-21(13-16(2)3)28(52)42-18(9-7-11-40-31(35)36)26(50)44-20(25(34)49)14-23(33)48/h16-22,24,39,47H,6-15H2,1-5H3,(H2,33,48)(H2,34,49)(H,42,52)(H,43,54)(H,44,50)(H,45,53)(H,46,51)(H4,35,36,40)(H4,37,38,41)/t17-,18-,19-,20-,21-,22-,24-/m0/s1. The minimum absolute atomic E-state index is 0.0458. The van der Waals surface area contributed by atoms with Crippen LogP contribution in [0.1, 0.15) is 72.6 Å². The van der Waals surface area contributed by atoms with Crippen molar-refractivity contribution in [3.05, 3.63) is 0 Å². The number of primary amides is 2. The summed E-state index contributed by atoms with van der Waals surface area (Å²) in [4.78, 5) is 98.0. The van der Waals surface area contributed by atoms with Crippen LogP contribution in [0.25, 0.3) is 0 Å². The summed E-state index contributed by atoms with van der Waals surface area (Å²) in [5.41, 5.74) is 32.0. The molecule has 0 fully saturated rings. The molecule has 0 aliphatic carbocycles. The lowest BCUT2D eigenvalue weighted by atomic mass is 9.98. The SMILES string of the molecule is CC[C@H](C)[C@H](NC)C(=O)N[C@@H](CCCN=C(N)N)C(=O)N[C@@H](CO)C(=O)N[C@@H](CC(C)C)C(=O)N[C@@H](CCCN=C(N)N)C(=O)N[C@@H](CC(N)=O)C(N)=O. The molecule has 0 aromatic heterocycles. The maximum Gasteiger partial charge on any atom is 0.245 e. The molecular formula is C32H62N14O8. The summed E-state index contributed by atoms with van der Waals surface area (Å²) in [7, 11) is 1.61. The number of hydrogen-bond donors (Lipinski definition) is 13. The van der Waals surface area contributed by atoms with E-state index in [2.05, 4.69) is 41.9 Å². The minimum atomic E-state index is -1.56. The van der Waals surface area contributed by atoms with Crippen LogP contribution in [0, 0.1) is 11.8 Å². The van der Waals surface area contributed by atoms with Gasteiger partial charge in [-0.05, 0) is 51.0 Å². The number of amides is 7. The molecule has 0 radical (unpaired) electrons. The second-order valence-corrected chi connectivity index (χ2v) is 13.2. The van der Waals surface area contributed by atoms with E-state index >= 15 is 0 Å². The number of aliphatic hydroxyl groups is 1. The van der Waals surface area contributed by atoms with Crippen LogP contribution in [-0.2, 0) is 33.6 Å². The zero-order chi connectivity index (χ0) is 41.5. The average molecular weight is 771 g/mol. The zero-order valence-corrected chi connectivity index (χ0v) is 31.9. The number of carbonyl (C=O) groups is 7. The summed E-state index contributed by atoms with van der Waals surface area (Å²) in [6.07, 6.45) is 0.628. The second kappa shape index (κ2) is 25.7. The van der Waals surface area contributed by atoms with E-state index in [1.807, 2.05) is 13.8 Å². The molecule has 7 amide bonds. The molecule has 0 aliphatic heterocycles. The smallest absolute Gasteiger partial charge is 0.245 e. The number of nitrogens with two attached hydrogens (primary N) is 6. The zero-order valence-electron chi connectivity index (χ0n) is 31.9. The van der Waals surface area contributed by atoms with Crippen molar-refractivity contribution in [3.63, 3.8) is 0 Å². The Kier molecular flexibility index (Phi) is 23.2. The molecular weight excluding hydrogens is 708 g/mol. The molecule has 0 saturated heterocycles. The van der Waals surface area contributed by atoms with E-state index in [1.54, 1.807) is 20.9 Å². The lowest BCUT2D eigenvalue weighted by Crippen LogP contribution is -2.60. The first kappa shape index (κ1) is 48.8. The molecule has 22 heteroatoms. The lowest BCUT2D eigenvalue weighted by Gasteiger charge is -2.28. The van der Waals surface area contributed by atoms with Gasteiger partial charge in [0.05, 0.1) is 19.1 Å². The number of nitrogens with one attached hydrogen (secondary N) is 6. The predicted molar refractivity (Wildman–Crippen MR) is 201 cm³/mol. The first-order valence-electron chi connectivity index (χ1n) is 17.8. The molecule has 7 atom stereocenters. The normalized spacial score (nSPS) is 14.8. The molecule has 0 aromatic rings. The van der Waals surface area contributed by atoms with Gasteiger partial charge in [0.2, 0.25) is 41.4 Å². The highest BCUT2D eigenvalue weighted by Crippen LogP contribution is 2.11. The van der Waals surface area contributed by atoms with Gasteiger partial charge in [0.25, 0.3) is 0 Å². The third-order valence-corrected chi connectivity index (χ3v) is 8.18. The van der Waals surface area contributed by atoms with E-state index in [1.165, 1.54) is 0 Å². The van der Waals surface area contributed by atoms with Gasteiger partial charge in [0.15, 0.2) is 11.9 Å². The van der Waals surface area contributed by atoms with Gasteiger partial charge >= 0.3 is 0 Å². The van der Waals surface area contributed by atoms with Gasteiger partial charge in [-0.1, -0.05) is 34.1 Å². The van der Waals surface area contributed by atoms with Crippen LogP contribution in [0.5, 0.6) is 0 Å². The van der Waals surface area contributed by atoms with Gasteiger partial charge in [0.1, 0.15) is 30.2 Å². The highest BCUT2D eigenvalue weighted by atomic mass is 16.3. The Balaban J connectivity index is 6.19. The average Bonchev–Trinajstić information content (AvgIpc) is 3.08. The molecule has 22 nitrogen and oxygen atoms in total. The van der Waals surface area contributed by atoms with Crippen molar-refractivity contribution in [1.29, 1.82) is 0 Å². The molecule has 0 unspecified atom stereocenters. The Hall–Kier alpha value is -5.25. The third-order valence-electron chi connectivity index (χ3n) is 8.18. The Bertz CT molecular complexity index is 1320. The Morgan fingerprint density at radius 1 is 0.611 bits per heavy atom. The summed E-state index contributed by atoms with van der Waals surface area (Å²) in [5, 5.41) is 25.6. The number of guanidine groups is 2. The number of aliphatic hydroxyl groups excluding tert-OH is 1. The Morgan fingerprint density at radius 3 is 1.41 bits per heavy atom. The fraction of sp³-hybridized carbons (Fsp3) is 0.719. The van der Waals surface area contributed by atoms with Crippen molar-refractivity contribution in [2.75, 3.05) is 26.7 Å². The topological polar surface area (TPSA) is 393 Å². The van der Waals surface area contributed by atoms with Crippen molar-refractivity contribution < 1.29 is 38.7 Å². The lowest BCUT2D eigenvalue weighted by molar-refractivity contribution is -0.136. The Labute approximate surface area is 315 Å².